The number of esters is 1. The standard InChI is InChI=1S/C17H21NO4S/c1-21-15(19)8-10-23-17-14-7-3-2-6-13(14)16(20)18(17)11-12-5-4-9-22-12/h2-3,6-7,12,17H,4-5,8-11H2,1H3/t12-,17+/m1/s1. The number of hydrogen-bond donors (Lipinski definition) is 0. The lowest BCUT2D eigenvalue weighted by atomic mass is 10.1. The molecule has 1 aromatic rings. The van der Waals surface area contributed by atoms with Gasteiger partial charge < -0.3 is 14.4 Å². The molecule has 0 saturated carbocycles. The Morgan fingerprint density at radius 3 is 3.00 bits per heavy atom. The number of ether oxygens (including phenoxy) is 2. The molecule has 1 aromatic carbocycles. The summed E-state index contributed by atoms with van der Waals surface area (Å²) >= 11 is 1.61. The van der Waals surface area contributed by atoms with Gasteiger partial charge in [0.05, 0.1) is 19.6 Å². The summed E-state index contributed by atoms with van der Waals surface area (Å²) < 4.78 is 10.4. The second-order valence-electron chi connectivity index (χ2n) is 5.73. The summed E-state index contributed by atoms with van der Waals surface area (Å²) in [6.45, 7) is 1.39. The van der Waals surface area contributed by atoms with Gasteiger partial charge in [0.2, 0.25) is 0 Å². The average Bonchev–Trinajstić information content (AvgIpc) is 3.17. The fraction of sp³-hybridized carbons (Fsp3) is 0.529. The molecule has 0 spiro atoms. The van der Waals surface area contributed by atoms with Gasteiger partial charge in [-0.15, -0.1) is 11.8 Å². The fourth-order valence-corrected chi connectivity index (χ4v) is 4.31. The highest BCUT2D eigenvalue weighted by atomic mass is 32.2. The highest BCUT2D eigenvalue weighted by molar-refractivity contribution is 7.99. The fourth-order valence-electron chi connectivity index (χ4n) is 3.06. The molecule has 3 rings (SSSR count). The van der Waals surface area contributed by atoms with Crippen molar-refractivity contribution >= 4 is 23.6 Å². The number of carbonyl (C=O) groups is 2. The maximum atomic E-state index is 12.7. The third-order valence-corrected chi connectivity index (χ3v) is 5.50. The van der Waals surface area contributed by atoms with Crippen LogP contribution in [-0.2, 0) is 14.3 Å². The molecule has 2 atom stereocenters. The first-order valence-electron chi connectivity index (χ1n) is 7.90. The summed E-state index contributed by atoms with van der Waals surface area (Å²) in [4.78, 5) is 25.9. The molecule has 1 saturated heterocycles. The monoisotopic (exact) mass is 335 g/mol. The van der Waals surface area contributed by atoms with Gasteiger partial charge in [0.1, 0.15) is 5.37 Å². The van der Waals surface area contributed by atoms with E-state index in [2.05, 4.69) is 4.74 Å². The van der Waals surface area contributed by atoms with Gasteiger partial charge in [-0.05, 0) is 24.5 Å². The van der Waals surface area contributed by atoms with E-state index in [1.807, 2.05) is 29.2 Å². The molecule has 2 aliphatic rings. The Morgan fingerprint density at radius 2 is 2.26 bits per heavy atom. The molecule has 0 unspecified atom stereocenters. The Labute approximate surface area is 140 Å². The van der Waals surface area contributed by atoms with Crippen LogP contribution in [0.4, 0.5) is 0 Å². The van der Waals surface area contributed by atoms with Crippen molar-refractivity contribution in [2.45, 2.75) is 30.7 Å². The van der Waals surface area contributed by atoms with Crippen LogP contribution in [0.2, 0.25) is 0 Å². The smallest absolute Gasteiger partial charge is 0.306 e. The van der Waals surface area contributed by atoms with Crippen LogP contribution in [0.5, 0.6) is 0 Å². The lowest BCUT2D eigenvalue weighted by Crippen LogP contribution is -2.34. The molecular weight excluding hydrogens is 314 g/mol. The van der Waals surface area contributed by atoms with E-state index >= 15 is 0 Å². The Bertz CT molecular complexity index is 586. The van der Waals surface area contributed by atoms with E-state index < -0.39 is 0 Å². The zero-order chi connectivity index (χ0) is 16.2. The normalized spacial score (nSPS) is 23.2. The zero-order valence-electron chi connectivity index (χ0n) is 13.2. The molecule has 1 amide bonds. The molecule has 6 heteroatoms. The first-order chi connectivity index (χ1) is 11.2. The van der Waals surface area contributed by atoms with Gasteiger partial charge in [-0.3, -0.25) is 9.59 Å². The number of hydrogen-bond acceptors (Lipinski definition) is 5. The summed E-state index contributed by atoms with van der Waals surface area (Å²) in [6, 6.07) is 7.72. The van der Waals surface area contributed by atoms with E-state index in [9.17, 15) is 9.59 Å². The number of thioether (sulfide) groups is 1. The van der Waals surface area contributed by atoms with Crippen molar-refractivity contribution < 1.29 is 19.1 Å². The van der Waals surface area contributed by atoms with Gasteiger partial charge in [0.15, 0.2) is 0 Å². The van der Waals surface area contributed by atoms with Crippen molar-refractivity contribution in [3.05, 3.63) is 35.4 Å². The van der Waals surface area contributed by atoms with Crippen molar-refractivity contribution in [1.29, 1.82) is 0 Å². The van der Waals surface area contributed by atoms with Crippen LogP contribution < -0.4 is 0 Å². The lowest BCUT2D eigenvalue weighted by molar-refractivity contribution is -0.140. The average molecular weight is 335 g/mol. The van der Waals surface area contributed by atoms with Crippen molar-refractivity contribution in [1.82, 2.24) is 4.90 Å². The SMILES string of the molecule is COC(=O)CCS[C@H]1c2ccccc2C(=O)N1C[C@H]1CCCO1. The summed E-state index contributed by atoms with van der Waals surface area (Å²) in [7, 11) is 1.39. The second kappa shape index (κ2) is 7.36. The van der Waals surface area contributed by atoms with Crippen LogP contribution in [-0.4, -0.2) is 48.9 Å². The number of benzene rings is 1. The highest BCUT2D eigenvalue weighted by Gasteiger charge is 2.38. The molecule has 124 valence electrons. The van der Waals surface area contributed by atoms with Crippen LogP contribution >= 0.6 is 11.8 Å². The van der Waals surface area contributed by atoms with Crippen LogP contribution in [0.15, 0.2) is 24.3 Å². The molecule has 1 fully saturated rings. The van der Waals surface area contributed by atoms with Gasteiger partial charge in [-0.1, -0.05) is 18.2 Å². The Balaban J connectivity index is 1.73. The van der Waals surface area contributed by atoms with Crippen molar-refractivity contribution in [2.24, 2.45) is 0 Å². The topological polar surface area (TPSA) is 55.8 Å². The number of fused-ring (bicyclic) bond motifs is 1. The Morgan fingerprint density at radius 1 is 1.43 bits per heavy atom. The van der Waals surface area contributed by atoms with E-state index in [0.29, 0.717) is 18.7 Å². The number of methoxy groups -OCH3 is 1. The van der Waals surface area contributed by atoms with E-state index in [-0.39, 0.29) is 23.4 Å². The largest absolute Gasteiger partial charge is 0.469 e. The van der Waals surface area contributed by atoms with E-state index in [1.165, 1.54) is 7.11 Å². The second-order valence-corrected chi connectivity index (χ2v) is 6.92. The highest BCUT2D eigenvalue weighted by Crippen LogP contribution is 2.42. The first kappa shape index (κ1) is 16.3. The minimum absolute atomic E-state index is 0.0486. The lowest BCUT2D eigenvalue weighted by Gasteiger charge is -2.27. The summed E-state index contributed by atoms with van der Waals surface area (Å²) in [6.07, 6.45) is 2.53. The van der Waals surface area contributed by atoms with E-state index in [1.54, 1.807) is 11.8 Å². The predicted octanol–water partition coefficient (Wildman–Crippen LogP) is 2.62. The number of amides is 1. The van der Waals surface area contributed by atoms with Gasteiger partial charge in [-0.25, -0.2) is 0 Å². The molecule has 0 aromatic heterocycles. The first-order valence-corrected chi connectivity index (χ1v) is 8.95. The molecule has 2 heterocycles. The van der Waals surface area contributed by atoms with Crippen molar-refractivity contribution in [3.63, 3.8) is 0 Å². The summed E-state index contributed by atoms with van der Waals surface area (Å²) in [5.41, 5.74) is 1.80. The van der Waals surface area contributed by atoms with Gasteiger partial charge in [-0.2, -0.15) is 0 Å². The number of nitrogens with zero attached hydrogens (tertiary/aromatic N) is 1. The van der Waals surface area contributed by atoms with Crippen LogP contribution in [0.1, 0.15) is 40.6 Å². The molecular formula is C17H21NO4S. The molecule has 0 aliphatic carbocycles. The number of carbonyl (C=O) groups excluding carboxylic acids is 2. The maximum absolute atomic E-state index is 12.7. The molecule has 0 radical (unpaired) electrons. The minimum atomic E-state index is -0.221. The van der Waals surface area contributed by atoms with Crippen LogP contribution in [0.25, 0.3) is 0 Å². The van der Waals surface area contributed by atoms with Crippen LogP contribution in [0, 0.1) is 0 Å². The van der Waals surface area contributed by atoms with E-state index in [0.717, 1.165) is 30.6 Å². The summed E-state index contributed by atoms with van der Waals surface area (Å²) in [5, 5.41) is -0.0486. The van der Waals surface area contributed by atoms with Gasteiger partial charge in [0, 0.05) is 24.5 Å². The Kier molecular flexibility index (Phi) is 5.23. The third-order valence-electron chi connectivity index (χ3n) is 4.24. The zero-order valence-corrected chi connectivity index (χ0v) is 14.0. The molecule has 0 bridgehead atoms. The quantitative estimate of drug-likeness (QED) is 0.748. The number of rotatable bonds is 6. The van der Waals surface area contributed by atoms with Gasteiger partial charge in [0.25, 0.3) is 5.91 Å². The third kappa shape index (κ3) is 3.53. The predicted molar refractivity (Wildman–Crippen MR) is 88.3 cm³/mol. The van der Waals surface area contributed by atoms with Gasteiger partial charge >= 0.3 is 5.97 Å². The summed E-state index contributed by atoms with van der Waals surface area (Å²) in [5.74, 6) is 0.466. The maximum Gasteiger partial charge on any atom is 0.306 e. The Hall–Kier alpha value is -1.53. The molecule has 5 nitrogen and oxygen atoms in total. The minimum Gasteiger partial charge on any atom is -0.469 e. The molecule has 2 aliphatic heterocycles. The molecule has 23 heavy (non-hydrogen) atoms. The molecule has 0 N–H and O–H groups in total. The van der Waals surface area contributed by atoms with Crippen molar-refractivity contribution in [3.8, 4) is 0 Å². The van der Waals surface area contributed by atoms with E-state index in [4.69, 9.17) is 4.74 Å². The van der Waals surface area contributed by atoms with Crippen molar-refractivity contribution in [2.75, 3.05) is 26.0 Å². The van der Waals surface area contributed by atoms with Crippen LogP contribution in [0.3, 0.4) is 0 Å².